The van der Waals surface area contributed by atoms with Crippen LogP contribution < -0.4 is 10.6 Å². The van der Waals surface area contributed by atoms with Gasteiger partial charge in [0.2, 0.25) is 0 Å². The highest BCUT2D eigenvalue weighted by atomic mass is 79.9. The Kier molecular flexibility index (Phi) is 4.28. The number of piperidine rings is 1. The first-order chi connectivity index (χ1) is 8.11. The van der Waals surface area contributed by atoms with Gasteiger partial charge >= 0.3 is 0 Å². The van der Waals surface area contributed by atoms with Gasteiger partial charge in [0.15, 0.2) is 0 Å². The Labute approximate surface area is 115 Å². The van der Waals surface area contributed by atoms with Gasteiger partial charge in [-0.05, 0) is 40.8 Å². The van der Waals surface area contributed by atoms with E-state index in [1.807, 2.05) is 6.07 Å². The fourth-order valence-electron chi connectivity index (χ4n) is 2.37. The molecule has 0 aromatic carbocycles. The first kappa shape index (κ1) is 13.1. The van der Waals surface area contributed by atoms with Crippen LogP contribution in [0.4, 0.5) is 5.82 Å². The molecule has 1 aromatic heterocycles. The predicted molar refractivity (Wildman–Crippen MR) is 75.5 cm³/mol. The zero-order valence-electron chi connectivity index (χ0n) is 9.87. The number of hydrogen-bond acceptors (Lipinski definition) is 3. The van der Waals surface area contributed by atoms with Crippen LogP contribution in [-0.4, -0.2) is 24.1 Å². The zero-order chi connectivity index (χ0) is 12.4. The van der Waals surface area contributed by atoms with Crippen LogP contribution in [0.25, 0.3) is 0 Å². The lowest BCUT2D eigenvalue weighted by Crippen LogP contribution is -2.46. The number of anilines is 1. The third kappa shape index (κ3) is 2.92. The maximum Gasteiger partial charge on any atom is 0.143 e. The molecule has 2 unspecified atom stereocenters. The summed E-state index contributed by atoms with van der Waals surface area (Å²) in [6, 6.07) is 2.26. The van der Waals surface area contributed by atoms with Crippen LogP contribution in [0.3, 0.4) is 0 Å². The summed E-state index contributed by atoms with van der Waals surface area (Å²) in [6.07, 6.45) is 4.01. The Morgan fingerprint density at radius 1 is 1.65 bits per heavy atom. The molecule has 94 valence electrons. The minimum atomic E-state index is 0.378. The minimum Gasteiger partial charge on any atom is -0.351 e. The summed E-state index contributed by atoms with van der Waals surface area (Å²) in [7, 11) is 0. The zero-order valence-corrected chi connectivity index (χ0v) is 12.2. The first-order valence-corrected chi connectivity index (χ1v) is 7.06. The van der Waals surface area contributed by atoms with E-state index in [0.717, 1.165) is 29.2 Å². The fraction of sp³-hybridized carbons (Fsp3) is 0.583. The molecule has 5 heteroatoms. The average Bonchev–Trinajstić information content (AvgIpc) is 2.30. The highest BCUT2D eigenvalue weighted by molar-refractivity contribution is 9.10. The molecule has 0 saturated carbocycles. The van der Waals surface area contributed by atoms with E-state index < -0.39 is 0 Å². The van der Waals surface area contributed by atoms with Crippen molar-refractivity contribution in [2.75, 3.05) is 18.0 Å². The number of pyridine rings is 1. The van der Waals surface area contributed by atoms with Crippen molar-refractivity contribution in [1.29, 1.82) is 0 Å². The topological polar surface area (TPSA) is 42.2 Å². The van der Waals surface area contributed by atoms with Crippen LogP contribution in [0.5, 0.6) is 0 Å². The molecule has 2 rings (SSSR count). The van der Waals surface area contributed by atoms with Crippen LogP contribution in [0.2, 0.25) is 5.02 Å². The highest BCUT2D eigenvalue weighted by Crippen LogP contribution is 2.32. The van der Waals surface area contributed by atoms with Gasteiger partial charge in [-0.3, -0.25) is 0 Å². The van der Waals surface area contributed by atoms with Crippen molar-refractivity contribution >= 4 is 33.3 Å². The lowest BCUT2D eigenvalue weighted by atomic mass is 9.92. The first-order valence-electron chi connectivity index (χ1n) is 5.89. The number of hydrogen-bond donors (Lipinski definition) is 1. The molecule has 2 heterocycles. The molecule has 0 spiro atoms. The van der Waals surface area contributed by atoms with Crippen LogP contribution in [-0.2, 0) is 0 Å². The van der Waals surface area contributed by atoms with E-state index in [0.29, 0.717) is 17.6 Å². The Hall–Kier alpha value is -0.320. The van der Waals surface area contributed by atoms with Crippen LogP contribution in [0.15, 0.2) is 16.7 Å². The molecule has 1 aliphatic heterocycles. The molecule has 1 aromatic rings. The van der Waals surface area contributed by atoms with Crippen molar-refractivity contribution in [3.05, 3.63) is 21.8 Å². The lowest BCUT2D eigenvalue weighted by molar-refractivity contribution is 0.364. The van der Waals surface area contributed by atoms with Gasteiger partial charge in [0, 0.05) is 25.3 Å². The van der Waals surface area contributed by atoms with Crippen LogP contribution in [0, 0.1) is 5.92 Å². The van der Waals surface area contributed by atoms with Crippen LogP contribution >= 0.6 is 27.5 Å². The van der Waals surface area contributed by atoms with E-state index in [2.05, 4.69) is 32.7 Å². The molecule has 1 saturated heterocycles. The molecular weight excluding hydrogens is 302 g/mol. The van der Waals surface area contributed by atoms with Gasteiger partial charge in [-0.15, -0.1) is 0 Å². The minimum absolute atomic E-state index is 0.378. The van der Waals surface area contributed by atoms with Gasteiger partial charge in [-0.2, -0.15) is 0 Å². The van der Waals surface area contributed by atoms with Crippen molar-refractivity contribution in [3.63, 3.8) is 0 Å². The summed E-state index contributed by atoms with van der Waals surface area (Å²) >= 11 is 9.44. The van der Waals surface area contributed by atoms with Crippen molar-refractivity contribution in [2.24, 2.45) is 11.7 Å². The van der Waals surface area contributed by atoms with Gasteiger partial charge < -0.3 is 10.6 Å². The average molecular weight is 319 g/mol. The highest BCUT2D eigenvalue weighted by Gasteiger charge is 2.27. The van der Waals surface area contributed by atoms with Gasteiger partial charge in [-0.25, -0.2) is 4.98 Å². The maximum absolute atomic E-state index is 5.91. The van der Waals surface area contributed by atoms with Crippen molar-refractivity contribution < 1.29 is 0 Å². The van der Waals surface area contributed by atoms with E-state index in [1.165, 1.54) is 6.42 Å². The summed E-state index contributed by atoms with van der Waals surface area (Å²) in [4.78, 5) is 6.71. The van der Waals surface area contributed by atoms with Gasteiger partial charge in [0.1, 0.15) is 5.82 Å². The number of rotatable bonds is 2. The normalized spacial score (nSPS) is 25.1. The summed E-state index contributed by atoms with van der Waals surface area (Å²) < 4.78 is 0.943. The number of nitrogens with zero attached hydrogens (tertiary/aromatic N) is 2. The van der Waals surface area contributed by atoms with E-state index in [4.69, 9.17) is 17.3 Å². The number of aromatic nitrogens is 1. The Morgan fingerprint density at radius 2 is 2.41 bits per heavy atom. The molecule has 0 amide bonds. The summed E-state index contributed by atoms with van der Waals surface area (Å²) in [5, 5.41) is 0.648. The molecule has 17 heavy (non-hydrogen) atoms. The summed E-state index contributed by atoms with van der Waals surface area (Å²) in [5.41, 5.74) is 5.86. The molecule has 0 aliphatic carbocycles. The third-order valence-electron chi connectivity index (χ3n) is 3.31. The predicted octanol–water partition coefficient (Wildman–Crippen LogP) is 3.06. The summed E-state index contributed by atoms with van der Waals surface area (Å²) in [5.74, 6) is 1.70. The van der Waals surface area contributed by atoms with Gasteiger partial charge in [0.25, 0.3) is 0 Å². The second-order valence-electron chi connectivity index (χ2n) is 4.67. The van der Waals surface area contributed by atoms with E-state index in [-0.39, 0.29) is 0 Å². The van der Waals surface area contributed by atoms with Gasteiger partial charge in [-0.1, -0.05) is 18.5 Å². The second kappa shape index (κ2) is 5.55. The molecule has 1 aliphatic rings. The quantitative estimate of drug-likeness (QED) is 0.911. The van der Waals surface area contributed by atoms with Gasteiger partial charge in [0.05, 0.1) is 9.50 Å². The Morgan fingerprint density at radius 3 is 3.06 bits per heavy atom. The third-order valence-corrected chi connectivity index (χ3v) is 4.10. The fourth-order valence-corrected chi connectivity index (χ4v) is 3.24. The number of nitrogens with two attached hydrogens (primary N) is 1. The molecule has 0 bridgehead atoms. The van der Waals surface area contributed by atoms with E-state index in [1.54, 1.807) is 6.20 Å². The van der Waals surface area contributed by atoms with Crippen molar-refractivity contribution in [1.82, 2.24) is 4.98 Å². The van der Waals surface area contributed by atoms with Crippen molar-refractivity contribution in [3.8, 4) is 0 Å². The monoisotopic (exact) mass is 317 g/mol. The number of halogens is 2. The van der Waals surface area contributed by atoms with Crippen molar-refractivity contribution in [2.45, 2.75) is 25.8 Å². The standard InChI is InChI=1S/C12H17BrClN3/c1-8-2-3-17(10(4-8)6-15)12-11(13)5-9(14)7-16-12/h5,7-8,10H,2-4,6,15H2,1H3. The van der Waals surface area contributed by atoms with Crippen LogP contribution in [0.1, 0.15) is 19.8 Å². The Bertz CT molecular complexity index is 399. The smallest absolute Gasteiger partial charge is 0.143 e. The van der Waals surface area contributed by atoms with E-state index in [9.17, 15) is 0 Å². The summed E-state index contributed by atoms with van der Waals surface area (Å²) in [6.45, 7) is 3.96. The molecular formula is C12H17BrClN3. The second-order valence-corrected chi connectivity index (χ2v) is 5.96. The largest absolute Gasteiger partial charge is 0.351 e. The molecule has 0 radical (unpaired) electrons. The maximum atomic E-state index is 5.91. The van der Waals surface area contributed by atoms with E-state index >= 15 is 0 Å². The lowest BCUT2D eigenvalue weighted by Gasteiger charge is -2.39. The SMILES string of the molecule is CC1CCN(c2ncc(Cl)cc2Br)C(CN)C1. The molecule has 2 N–H and O–H groups in total. The Balaban J connectivity index is 2.25. The molecule has 2 atom stereocenters. The molecule has 1 fully saturated rings. The molecule has 3 nitrogen and oxygen atoms in total.